The number of para-hydroxylation sites is 2. The number of rotatable bonds is 7. The van der Waals surface area contributed by atoms with Gasteiger partial charge in [0.15, 0.2) is 6.61 Å². The van der Waals surface area contributed by atoms with Gasteiger partial charge in [-0.1, -0.05) is 30.3 Å². The summed E-state index contributed by atoms with van der Waals surface area (Å²) in [4.78, 5) is 24.6. The van der Waals surface area contributed by atoms with E-state index in [0.29, 0.717) is 22.8 Å². The maximum atomic E-state index is 12.5. The molecule has 1 atom stereocenters. The van der Waals surface area contributed by atoms with E-state index in [1.165, 1.54) is 0 Å². The Bertz CT molecular complexity index is 892. The molecule has 0 bridgehead atoms. The number of hydrogen-bond donors (Lipinski definition) is 2. The van der Waals surface area contributed by atoms with E-state index in [0.717, 1.165) is 0 Å². The number of anilines is 1. The molecule has 1 aromatic heterocycles. The molecule has 138 valence electrons. The van der Waals surface area contributed by atoms with Crippen LogP contribution in [0.3, 0.4) is 0 Å². The Morgan fingerprint density at radius 2 is 1.74 bits per heavy atom. The van der Waals surface area contributed by atoms with Crippen molar-refractivity contribution in [2.24, 2.45) is 0 Å². The second kappa shape index (κ2) is 8.71. The summed E-state index contributed by atoms with van der Waals surface area (Å²) in [5, 5.41) is 5.59. The molecule has 0 fully saturated rings. The topological polar surface area (TPSA) is 80.6 Å². The van der Waals surface area contributed by atoms with Crippen molar-refractivity contribution < 1.29 is 18.7 Å². The summed E-state index contributed by atoms with van der Waals surface area (Å²) in [6.07, 6.45) is 1.55. The first-order valence-electron chi connectivity index (χ1n) is 8.54. The third-order valence-corrected chi connectivity index (χ3v) is 3.87. The van der Waals surface area contributed by atoms with Crippen LogP contribution >= 0.6 is 0 Å². The van der Waals surface area contributed by atoms with Crippen LogP contribution in [0.4, 0.5) is 5.69 Å². The predicted molar refractivity (Wildman–Crippen MR) is 102 cm³/mol. The molecule has 0 aliphatic carbocycles. The number of carbonyl (C=O) groups is 2. The lowest BCUT2D eigenvalue weighted by Gasteiger charge is -2.14. The van der Waals surface area contributed by atoms with Crippen LogP contribution in [-0.4, -0.2) is 18.4 Å². The van der Waals surface area contributed by atoms with Crippen LogP contribution in [0.15, 0.2) is 77.4 Å². The molecular formula is C21H20N2O4. The van der Waals surface area contributed by atoms with E-state index >= 15 is 0 Å². The Hall–Kier alpha value is -3.54. The fourth-order valence-corrected chi connectivity index (χ4v) is 2.54. The zero-order chi connectivity index (χ0) is 19.1. The van der Waals surface area contributed by atoms with E-state index in [9.17, 15) is 9.59 Å². The summed E-state index contributed by atoms with van der Waals surface area (Å²) in [5.74, 6) is 0.385. The minimum absolute atomic E-state index is 0.208. The van der Waals surface area contributed by atoms with Gasteiger partial charge in [0.25, 0.3) is 11.8 Å². The Morgan fingerprint density at radius 1 is 1.00 bits per heavy atom. The van der Waals surface area contributed by atoms with Crippen LogP contribution in [-0.2, 0) is 4.79 Å². The fourth-order valence-electron chi connectivity index (χ4n) is 2.54. The van der Waals surface area contributed by atoms with Crippen molar-refractivity contribution >= 4 is 17.5 Å². The van der Waals surface area contributed by atoms with E-state index in [-0.39, 0.29) is 24.5 Å². The highest BCUT2D eigenvalue weighted by atomic mass is 16.5. The fraction of sp³-hybridized carbons (Fsp3) is 0.143. The number of amides is 2. The first kappa shape index (κ1) is 18.3. The summed E-state index contributed by atoms with van der Waals surface area (Å²) in [5.41, 5.74) is 1.04. The molecule has 2 N–H and O–H groups in total. The Morgan fingerprint density at radius 3 is 2.48 bits per heavy atom. The van der Waals surface area contributed by atoms with Crippen molar-refractivity contribution in [2.45, 2.75) is 13.0 Å². The first-order valence-corrected chi connectivity index (χ1v) is 8.54. The van der Waals surface area contributed by atoms with Crippen LogP contribution < -0.4 is 15.4 Å². The SMILES string of the molecule is C[C@@H](NC(=O)COc1ccccc1C(=O)Nc1ccccc1)c1ccco1. The van der Waals surface area contributed by atoms with Crippen LogP contribution in [0.25, 0.3) is 0 Å². The molecule has 3 rings (SSSR count). The molecule has 2 aromatic carbocycles. The summed E-state index contributed by atoms with van der Waals surface area (Å²) >= 11 is 0. The van der Waals surface area contributed by atoms with Gasteiger partial charge in [-0.05, 0) is 43.3 Å². The molecule has 3 aromatic rings. The number of nitrogens with one attached hydrogen (secondary N) is 2. The lowest BCUT2D eigenvalue weighted by atomic mass is 10.2. The number of ether oxygens (including phenoxy) is 1. The Kier molecular flexibility index (Phi) is 5.89. The first-order chi connectivity index (χ1) is 13.1. The zero-order valence-corrected chi connectivity index (χ0v) is 14.8. The maximum absolute atomic E-state index is 12.5. The number of benzene rings is 2. The normalized spacial score (nSPS) is 11.4. The minimum atomic E-state index is -0.308. The van der Waals surface area contributed by atoms with Crippen LogP contribution in [0.1, 0.15) is 29.1 Å². The molecular weight excluding hydrogens is 344 g/mol. The monoisotopic (exact) mass is 364 g/mol. The highest BCUT2D eigenvalue weighted by Gasteiger charge is 2.15. The molecule has 6 nitrogen and oxygen atoms in total. The average Bonchev–Trinajstić information content (AvgIpc) is 3.22. The van der Waals surface area contributed by atoms with Gasteiger partial charge in [-0.25, -0.2) is 0 Å². The third-order valence-electron chi connectivity index (χ3n) is 3.87. The highest BCUT2D eigenvalue weighted by Crippen LogP contribution is 2.20. The van der Waals surface area contributed by atoms with Gasteiger partial charge in [-0.15, -0.1) is 0 Å². The van der Waals surface area contributed by atoms with Crippen LogP contribution in [0.5, 0.6) is 5.75 Å². The lowest BCUT2D eigenvalue weighted by molar-refractivity contribution is -0.123. The quantitative estimate of drug-likeness (QED) is 0.668. The second-order valence-corrected chi connectivity index (χ2v) is 5.91. The van der Waals surface area contributed by atoms with E-state index in [2.05, 4.69) is 10.6 Å². The van der Waals surface area contributed by atoms with Crippen molar-refractivity contribution in [1.29, 1.82) is 0 Å². The van der Waals surface area contributed by atoms with Gasteiger partial charge < -0.3 is 19.8 Å². The van der Waals surface area contributed by atoms with Crippen molar-refractivity contribution in [3.05, 3.63) is 84.3 Å². The Labute approximate surface area is 157 Å². The van der Waals surface area contributed by atoms with Crippen molar-refractivity contribution in [3.63, 3.8) is 0 Å². The molecule has 2 amide bonds. The molecule has 0 spiro atoms. The van der Waals surface area contributed by atoms with Gasteiger partial charge in [0, 0.05) is 5.69 Å². The third kappa shape index (κ3) is 4.98. The van der Waals surface area contributed by atoms with Gasteiger partial charge in [0.05, 0.1) is 17.9 Å². The smallest absolute Gasteiger partial charge is 0.259 e. The summed E-state index contributed by atoms with van der Waals surface area (Å²) < 4.78 is 10.8. The largest absolute Gasteiger partial charge is 0.483 e. The minimum Gasteiger partial charge on any atom is -0.483 e. The zero-order valence-electron chi connectivity index (χ0n) is 14.8. The van der Waals surface area contributed by atoms with Gasteiger partial charge in [0.1, 0.15) is 11.5 Å². The molecule has 27 heavy (non-hydrogen) atoms. The average molecular weight is 364 g/mol. The molecule has 0 saturated heterocycles. The van der Waals surface area contributed by atoms with E-state index in [4.69, 9.17) is 9.15 Å². The van der Waals surface area contributed by atoms with Crippen molar-refractivity contribution in [3.8, 4) is 5.75 Å². The van der Waals surface area contributed by atoms with Gasteiger partial charge in [-0.2, -0.15) is 0 Å². The van der Waals surface area contributed by atoms with Crippen molar-refractivity contribution in [2.75, 3.05) is 11.9 Å². The standard InChI is InChI=1S/C21H20N2O4/c1-15(18-12-7-13-26-18)22-20(24)14-27-19-11-6-5-10-17(19)21(25)23-16-8-3-2-4-9-16/h2-13,15H,14H2,1H3,(H,22,24)(H,23,25)/t15-/m1/s1. The van der Waals surface area contributed by atoms with Crippen LogP contribution in [0, 0.1) is 0 Å². The second-order valence-electron chi connectivity index (χ2n) is 5.91. The summed E-state index contributed by atoms with van der Waals surface area (Å²) in [6.45, 7) is 1.61. The van der Waals surface area contributed by atoms with Crippen molar-refractivity contribution in [1.82, 2.24) is 5.32 Å². The maximum Gasteiger partial charge on any atom is 0.259 e. The highest BCUT2D eigenvalue weighted by molar-refractivity contribution is 6.06. The molecule has 1 heterocycles. The predicted octanol–water partition coefficient (Wildman–Crippen LogP) is 3.79. The van der Waals surface area contributed by atoms with Gasteiger partial charge >= 0.3 is 0 Å². The van der Waals surface area contributed by atoms with Crippen LogP contribution in [0.2, 0.25) is 0 Å². The molecule has 0 saturated carbocycles. The molecule has 0 unspecified atom stereocenters. The molecule has 0 radical (unpaired) electrons. The van der Waals surface area contributed by atoms with Gasteiger partial charge in [-0.3, -0.25) is 9.59 Å². The lowest BCUT2D eigenvalue weighted by Crippen LogP contribution is -2.31. The van der Waals surface area contributed by atoms with E-state index in [1.54, 1.807) is 54.8 Å². The number of carbonyl (C=O) groups excluding carboxylic acids is 2. The molecule has 0 aliphatic heterocycles. The summed E-state index contributed by atoms with van der Waals surface area (Å²) in [6, 6.07) is 19.2. The van der Waals surface area contributed by atoms with E-state index < -0.39 is 0 Å². The number of hydrogen-bond acceptors (Lipinski definition) is 4. The van der Waals surface area contributed by atoms with Gasteiger partial charge in [0.2, 0.25) is 0 Å². The molecule has 0 aliphatic rings. The molecule has 6 heteroatoms. The number of furan rings is 1. The van der Waals surface area contributed by atoms with E-state index in [1.807, 2.05) is 25.1 Å². The summed E-state index contributed by atoms with van der Waals surface area (Å²) in [7, 11) is 0. The Balaban J connectivity index is 1.60.